The first kappa shape index (κ1) is 23.5. The lowest BCUT2D eigenvalue weighted by Crippen LogP contribution is -2.50. The highest BCUT2D eigenvalue weighted by atomic mass is 28.4. The Balaban J connectivity index is 4.77. The summed E-state index contributed by atoms with van der Waals surface area (Å²) in [4.78, 5) is 0. The fourth-order valence-corrected chi connectivity index (χ4v) is 16.3. The van der Waals surface area contributed by atoms with E-state index in [0.29, 0.717) is 19.8 Å². The first-order chi connectivity index (χ1) is 10.7. The summed E-state index contributed by atoms with van der Waals surface area (Å²) in [6.07, 6.45) is 1.05. The first-order valence-electron chi connectivity index (χ1n) is 8.98. The maximum Gasteiger partial charge on any atom is 0.500 e. The predicted octanol–water partition coefficient (Wildman–Crippen LogP) is 3.81. The van der Waals surface area contributed by atoms with Crippen molar-refractivity contribution in [3.8, 4) is 0 Å². The van der Waals surface area contributed by atoms with Crippen molar-refractivity contribution in [2.45, 2.75) is 71.5 Å². The molecule has 23 heavy (non-hydrogen) atoms. The summed E-state index contributed by atoms with van der Waals surface area (Å²) in [6.45, 7) is 17.8. The summed E-state index contributed by atoms with van der Waals surface area (Å²) in [5.74, 6) is 0. The number of hydrogen-bond acceptors (Lipinski definition) is 5. The second-order valence-electron chi connectivity index (χ2n) is 7.00. The first-order valence-corrected chi connectivity index (χ1v) is 17.1. The lowest BCUT2D eigenvalue weighted by atomic mass is 10.5. The lowest BCUT2D eigenvalue weighted by molar-refractivity contribution is 0.0723. The van der Waals surface area contributed by atoms with Crippen LogP contribution in [0.1, 0.15) is 27.2 Å². The fourth-order valence-electron chi connectivity index (χ4n) is 2.83. The molecule has 0 unspecified atom stereocenters. The SMILES string of the molecule is CCO[Si](CC[Si](C)(C)O[Si](C)(C)CCCN)(OCC)OCC. The van der Waals surface area contributed by atoms with Crippen molar-refractivity contribution in [1.82, 2.24) is 0 Å². The molecule has 0 fully saturated rings. The van der Waals surface area contributed by atoms with Gasteiger partial charge in [-0.3, -0.25) is 0 Å². The zero-order valence-corrected chi connectivity index (χ0v) is 19.4. The second-order valence-corrected chi connectivity index (χ2v) is 18.6. The van der Waals surface area contributed by atoms with Gasteiger partial charge in [-0.15, -0.1) is 0 Å². The van der Waals surface area contributed by atoms with Gasteiger partial charge in [-0.1, -0.05) is 0 Å². The summed E-state index contributed by atoms with van der Waals surface area (Å²) >= 11 is 0. The Morgan fingerprint density at radius 1 is 0.696 bits per heavy atom. The molecule has 5 nitrogen and oxygen atoms in total. The van der Waals surface area contributed by atoms with Gasteiger partial charge in [-0.25, -0.2) is 0 Å². The Hall–Kier alpha value is 0.451. The van der Waals surface area contributed by atoms with Crippen LogP contribution in [0.15, 0.2) is 0 Å². The maximum atomic E-state index is 6.63. The molecule has 0 radical (unpaired) electrons. The topological polar surface area (TPSA) is 62.9 Å². The summed E-state index contributed by atoms with van der Waals surface area (Å²) < 4.78 is 24.5. The number of rotatable bonds is 14. The van der Waals surface area contributed by atoms with E-state index in [0.717, 1.165) is 31.1 Å². The van der Waals surface area contributed by atoms with Gasteiger partial charge in [0, 0.05) is 25.9 Å². The number of hydrogen-bond donors (Lipinski definition) is 1. The molecule has 0 heterocycles. The van der Waals surface area contributed by atoms with Crippen LogP contribution in [0.25, 0.3) is 0 Å². The van der Waals surface area contributed by atoms with Gasteiger partial charge in [0.1, 0.15) is 0 Å². The molecule has 0 atom stereocenters. The van der Waals surface area contributed by atoms with E-state index in [4.69, 9.17) is 23.1 Å². The molecule has 140 valence electrons. The summed E-state index contributed by atoms with van der Waals surface area (Å²) in [5.41, 5.74) is 5.65. The van der Waals surface area contributed by atoms with Crippen molar-refractivity contribution in [2.24, 2.45) is 5.73 Å². The molecule has 2 N–H and O–H groups in total. The van der Waals surface area contributed by atoms with Gasteiger partial charge >= 0.3 is 8.80 Å². The molecule has 8 heteroatoms. The minimum absolute atomic E-state index is 0.631. The molecule has 0 saturated heterocycles. The molecule has 0 saturated carbocycles. The molecule has 0 aliphatic rings. The van der Waals surface area contributed by atoms with Gasteiger partial charge in [-0.05, 0) is 72.0 Å². The van der Waals surface area contributed by atoms with Gasteiger partial charge in [0.25, 0.3) is 0 Å². The fraction of sp³-hybridized carbons (Fsp3) is 1.00. The van der Waals surface area contributed by atoms with Crippen molar-refractivity contribution in [1.29, 1.82) is 0 Å². The van der Waals surface area contributed by atoms with Crippen LogP contribution in [-0.4, -0.2) is 51.8 Å². The van der Waals surface area contributed by atoms with Crippen LogP contribution < -0.4 is 5.73 Å². The third-order valence-electron chi connectivity index (χ3n) is 3.66. The highest BCUT2D eigenvalue weighted by Gasteiger charge is 2.43. The van der Waals surface area contributed by atoms with Crippen LogP contribution in [0.5, 0.6) is 0 Å². The van der Waals surface area contributed by atoms with E-state index in [1.807, 2.05) is 20.8 Å². The van der Waals surface area contributed by atoms with Crippen molar-refractivity contribution >= 4 is 25.4 Å². The Kier molecular flexibility index (Phi) is 11.4. The molecule has 0 spiro atoms. The third kappa shape index (κ3) is 10.1. The Morgan fingerprint density at radius 2 is 1.13 bits per heavy atom. The Bertz CT molecular complexity index is 300. The minimum atomic E-state index is -2.56. The van der Waals surface area contributed by atoms with Gasteiger partial charge in [-0.2, -0.15) is 0 Å². The van der Waals surface area contributed by atoms with Crippen molar-refractivity contribution in [3.63, 3.8) is 0 Å². The van der Waals surface area contributed by atoms with Gasteiger partial charge in [0.15, 0.2) is 16.6 Å². The second kappa shape index (κ2) is 11.1. The Morgan fingerprint density at radius 3 is 1.52 bits per heavy atom. The summed E-state index contributed by atoms with van der Waals surface area (Å²) in [5, 5.41) is 0. The number of nitrogens with two attached hydrogens (primary N) is 1. The van der Waals surface area contributed by atoms with Gasteiger partial charge in [0.05, 0.1) is 0 Å². The van der Waals surface area contributed by atoms with Crippen LogP contribution >= 0.6 is 0 Å². The molecule has 0 aliphatic carbocycles. The molecule has 0 amide bonds. The quantitative estimate of drug-likeness (QED) is 0.464. The van der Waals surface area contributed by atoms with E-state index in [9.17, 15) is 0 Å². The Labute approximate surface area is 146 Å². The van der Waals surface area contributed by atoms with E-state index in [1.54, 1.807) is 0 Å². The van der Waals surface area contributed by atoms with Gasteiger partial charge in [0.2, 0.25) is 0 Å². The van der Waals surface area contributed by atoms with Crippen molar-refractivity contribution in [3.05, 3.63) is 0 Å². The van der Waals surface area contributed by atoms with Crippen LogP contribution in [0.2, 0.25) is 44.3 Å². The largest absolute Gasteiger partial charge is 0.500 e. The zero-order valence-electron chi connectivity index (χ0n) is 16.4. The van der Waals surface area contributed by atoms with E-state index >= 15 is 0 Å². The molecular weight excluding hydrogens is 342 g/mol. The predicted molar refractivity (Wildman–Crippen MR) is 105 cm³/mol. The molecule has 0 aromatic rings. The summed E-state index contributed by atoms with van der Waals surface area (Å²) in [7, 11) is -5.96. The highest BCUT2D eigenvalue weighted by Crippen LogP contribution is 2.28. The molecule has 0 rings (SSSR count). The summed E-state index contributed by atoms with van der Waals surface area (Å²) in [6, 6.07) is 2.99. The molecule has 0 aromatic carbocycles. The average Bonchev–Trinajstić information content (AvgIpc) is 2.43. The van der Waals surface area contributed by atoms with Crippen molar-refractivity contribution in [2.75, 3.05) is 26.4 Å². The standard InChI is InChI=1S/C15H39NO4Si3/c1-8-17-23(18-9-2,19-10-3)15-14-22(6,7)20-21(4,5)13-11-12-16/h8-16H2,1-7H3. The van der Waals surface area contributed by atoms with Crippen LogP contribution in [0, 0.1) is 0 Å². The van der Waals surface area contributed by atoms with E-state index in [1.165, 1.54) is 0 Å². The minimum Gasteiger partial charge on any atom is -0.456 e. The maximum absolute atomic E-state index is 6.63. The van der Waals surface area contributed by atoms with Crippen LogP contribution in [0.4, 0.5) is 0 Å². The van der Waals surface area contributed by atoms with Crippen LogP contribution in [-0.2, 0) is 17.4 Å². The van der Waals surface area contributed by atoms with E-state index in [-0.39, 0.29) is 0 Å². The molecule has 0 aromatic heterocycles. The third-order valence-corrected chi connectivity index (χ3v) is 14.6. The van der Waals surface area contributed by atoms with Crippen LogP contribution in [0.3, 0.4) is 0 Å². The average molecular weight is 382 g/mol. The van der Waals surface area contributed by atoms with Gasteiger partial charge < -0.3 is 23.1 Å². The van der Waals surface area contributed by atoms with Crippen molar-refractivity contribution < 1.29 is 17.4 Å². The highest BCUT2D eigenvalue weighted by molar-refractivity contribution is 6.85. The lowest BCUT2D eigenvalue weighted by Gasteiger charge is -2.36. The zero-order chi connectivity index (χ0) is 18.0. The molecular formula is C15H39NO4Si3. The van der Waals surface area contributed by atoms with E-state index in [2.05, 4.69) is 26.2 Å². The normalized spacial score (nSPS) is 13.6. The molecule has 0 bridgehead atoms. The van der Waals surface area contributed by atoms with E-state index < -0.39 is 25.4 Å². The molecule has 0 aliphatic heterocycles. The smallest absolute Gasteiger partial charge is 0.456 e. The monoisotopic (exact) mass is 381 g/mol.